The Kier molecular flexibility index (Phi) is 6.67. The maximum atomic E-state index is 12.8. The lowest BCUT2D eigenvalue weighted by Gasteiger charge is -2.28. The third kappa shape index (κ3) is 5.01. The number of thiophene rings is 1. The number of hydrogen-bond donors (Lipinski definition) is 2. The number of ether oxygens (including phenoxy) is 1. The highest BCUT2D eigenvalue weighted by atomic mass is 32.1. The monoisotopic (exact) mass is 481 g/mol. The van der Waals surface area contributed by atoms with Crippen LogP contribution in [0.2, 0.25) is 0 Å². The van der Waals surface area contributed by atoms with Crippen molar-refractivity contribution in [1.82, 2.24) is 14.9 Å². The van der Waals surface area contributed by atoms with E-state index >= 15 is 0 Å². The molecule has 1 aliphatic heterocycles. The van der Waals surface area contributed by atoms with Gasteiger partial charge in [-0.15, -0.1) is 11.3 Å². The highest BCUT2D eigenvalue weighted by Gasteiger charge is 2.23. The fraction of sp³-hybridized carbons (Fsp3) is 0.480. The largest absolute Gasteiger partial charge is 0.378 e. The first kappa shape index (κ1) is 23.0. The van der Waals surface area contributed by atoms with Crippen LogP contribution in [0.25, 0.3) is 10.2 Å². The number of nitrogens with one attached hydrogen (secondary N) is 2. The average Bonchev–Trinajstić information content (AvgIpc) is 3.17. The van der Waals surface area contributed by atoms with E-state index in [9.17, 15) is 9.59 Å². The predicted octanol–water partition coefficient (Wildman–Crippen LogP) is 3.02. The van der Waals surface area contributed by atoms with Crippen LogP contribution < -0.4 is 15.8 Å². The summed E-state index contributed by atoms with van der Waals surface area (Å²) < 4.78 is 5.40. The van der Waals surface area contributed by atoms with E-state index in [2.05, 4.69) is 22.1 Å². The first-order valence-corrected chi connectivity index (χ1v) is 12.7. The van der Waals surface area contributed by atoms with Gasteiger partial charge in [0.2, 0.25) is 5.91 Å². The molecule has 2 aromatic heterocycles. The quantitative estimate of drug-likeness (QED) is 0.563. The second kappa shape index (κ2) is 9.85. The summed E-state index contributed by atoms with van der Waals surface area (Å²) in [5, 5.41) is 3.71. The Morgan fingerprint density at radius 2 is 2.06 bits per heavy atom. The van der Waals surface area contributed by atoms with Gasteiger partial charge in [-0.05, 0) is 62.1 Å². The summed E-state index contributed by atoms with van der Waals surface area (Å²) in [6.07, 6.45) is 3.10. The lowest BCUT2D eigenvalue weighted by atomic mass is 9.89. The number of carbonyl (C=O) groups is 1. The Morgan fingerprint density at radius 3 is 2.82 bits per heavy atom. The van der Waals surface area contributed by atoms with E-state index in [0.29, 0.717) is 18.3 Å². The van der Waals surface area contributed by atoms with E-state index in [1.54, 1.807) is 11.3 Å². The molecular weight excluding hydrogens is 450 g/mol. The number of nitrogens with zero attached hydrogens (tertiary/aromatic N) is 3. The van der Waals surface area contributed by atoms with Crippen LogP contribution in [0.4, 0.5) is 11.4 Å². The molecule has 1 saturated heterocycles. The van der Waals surface area contributed by atoms with Crippen LogP contribution in [-0.4, -0.2) is 60.7 Å². The number of anilines is 2. The van der Waals surface area contributed by atoms with Crippen LogP contribution in [-0.2, 0) is 28.9 Å². The van der Waals surface area contributed by atoms with E-state index in [-0.39, 0.29) is 18.0 Å². The summed E-state index contributed by atoms with van der Waals surface area (Å²) in [5.74, 6) is 1.14. The molecule has 0 unspecified atom stereocenters. The van der Waals surface area contributed by atoms with Gasteiger partial charge < -0.3 is 19.9 Å². The number of carbonyl (C=O) groups excluding carboxylic acids is 1. The minimum atomic E-state index is -0.106. The van der Waals surface area contributed by atoms with Gasteiger partial charge in [-0.25, -0.2) is 4.98 Å². The van der Waals surface area contributed by atoms with E-state index in [1.807, 2.05) is 36.2 Å². The average molecular weight is 482 g/mol. The van der Waals surface area contributed by atoms with Gasteiger partial charge in [-0.2, -0.15) is 0 Å². The van der Waals surface area contributed by atoms with Crippen LogP contribution in [0.15, 0.2) is 29.1 Å². The Bertz CT molecular complexity index is 1230. The number of benzene rings is 1. The van der Waals surface area contributed by atoms with E-state index in [4.69, 9.17) is 9.72 Å². The minimum Gasteiger partial charge on any atom is -0.378 e. The topological polar surface area (TPSA) is 90.6 Å². The molecule has 0 spiro atoms. The van der Waals surface area contributed by atoms with Crippen molar-refractivity contribution in [3.8, 4) is 0 Å². The number of likely N-dealkylation sites (N-methyl/N-ethyl adjacent to an activating group) is 1. The third-order valence-corrected chi connectivity index (χ3v) is 7.72. The van der Waals surface area contributed by atoms with Crippen molar-refractivity contribution in [2.45, 2.75) is 32.7 Å². The predicted molar refractivity (Wildman–Crippen MR) is 136 cm³/mol. The molecule has 1 atom stereocenters. The van der Waals surface area contributed by atoms with Crippen molar-refractivity contribution in [1.29, 1.82) is 0 Å². The lowest BCUT2D eigenvalue weighted by Crippen LogP contribution is -2.36. The smallest absolute Gasteiger partial charge is 0.259 e. The van der Waals surface area contributed by atoms with Crippen LogP contribution in [0.3, 0.4) is 0 Å². The molecule has 0 saturated carbocycles. The highest BCUT2D eigenvalue weighted by molar-refractivity contribution is 7.18. The van der Waals surface area contributed by atoms with Crippen LogP contribution in [0, 0.1) is 5.92 Å². The van der Waals surface area contributed by atoms with Crippen molar-refractivity contribution in [3.05, 3.63) is 50.9 Å². The molecule has 5 rings (SSSR count). The van der Waals surface area contributed by atoms with Crippen molar-refractivity contribution >= 4 is 38.8 Å². The zero-order valence-corrected chi connectivity index (χ0v) is 20.5. The molecule has 3 aromatic rings. The second-order valence-corrected chi connectivity index (χ2v) is 10.5. The number of morpholine rings is 1. The number of H-pyrrole nitrogens is 1. The van der Waals surface area contributed by atoms with Gasteiger partial charge in [0.25, 0.3) is 5.56 Å². The molecule has 34 heavy (non-hydrogen) atoms. The third-order valence-electron chi connectivity index (χ3n) is 6.57. The lowest BCUT2D eigenvalue weighted by molar-refractivity contribution is -0.117. The molecule has 1 fully saturated rings. The molecule has 2 N–H and O–H groups in total. The number of aryl methyl sites for hydroxylation is 1. The Hall–Kier alpha value is -2.75. The number of aromatic nitrogens is 2. The van der Waals surface area contributed by atoms with Gasteiger partial charge in [0.15, 0.2) is 0 Å². The molecule has 9 heteroatoms. The van der Waals surface area contributed by atoms with E-state index in [1.165, 1.54) is 10.4 Å². The van der Waals surface area contributed by atoms with Crippen molar-refractivity contribution < 1.29 is 9.53 Å². The SMILES string of the molecule is C[C@H]1CCc2c(sc3nc(CN(C)CC(=O)Nc4ccc(N5CCOCC5)cc4)[nH]c(=O)c23)C1. The number of amides is 1. The second-order valence-electron chi connectivity index (χ2n) is 9.41. The Labute approximate surface area is 202 Å². The summed E-state index contributed by atoms with van der Waals surface area (Å²) in [7, 11) is 1.85. The molecule has 180 valence electrons. The van der Waals surface area contributed by atoms with Gasteiger partial charge in [0, 0.05) is 29.3 Å². The Balaban J connectivity index is 1.19. The molecule has 1 aliphatic carbocycles. The van der Waals surface area contributed by atoms with E-state index in [0.717, 1.165) is 67.2 Å². The number of rotatable bonds is 6. The molecule has 0 radical (unpaired) electrons. The molecule has 8 nitrogen and oxygen atoms in total. The first-order valence-electron chi connectivity index (χ1n) is 11.9. The normalized spacial score (nSPS) is 18.3. The maximum Gasteiger partial charge on any atom is 0.259 e. The van der Waals surface area contributed by atoms with Crippen LogP contribution in [0.1, 0.15) is 29.6 Å². The fourth-order valence-electron chi connectivity index (χ4n) is 4.80. The zero-order valence-electron chi connectivity index (χ0n) is 19.7. The molecule has 3 heterocycles. The first-order chi connectivity index (χ1) is 16.5. The standard InChI is InChI=1S/C25H31N5O3S/c1-16-3-8-19-20(13-16)34-25-23(19)24(32)27-21(28-25)14-29(2)15-22(31)26-17-4-6-18(7-5-17)30-9-11-33-12-10-30/h4-7,16H,3,8-15H2,1-2H3,(H,26,31)(H,27,28,32)/t16-/m0/s1. The van der Waals surface area contributed by atoms with Crippen LogP contribution >= 0.6 is 11.3 Å². The van der Waals surface area contributed by atoms with Gasteiger partial charge in [0.05, 0.1) is 31.7 Å². The van der Waals surface area contributed by atoms with Gasteiger partial charge in [-0.1, -0.05) is 6.92 Å². The molecule has 0 bridgehead atoms. The Morgan fingerprint density at radius 1 is 1.29 bits per heavy atom. The highest BCUT2D eigenvalue weighted by Crippen LogP contribution is 2.35. The summed E-state index contributed by atoms with van der Waals surface area (Å²) in [6, 6.07) is 7.90. The van der Waals surface area contributed by atoms with Crippen molar-refractivity contribution in [2.24, 2.45) is 5.92 Å². The summed E-state index contributed by atoms with van der Waals surface area (Å²) >= 11 is 1.65. The number of hydrogen-bond acceptors (Lipinski definition) is 7. The van der Waals surface area contributed by atoms with Gasteiger partial charge >= 0.3 is 0 Å². The van der Waals surface area contributed by atoms with E-state index < -0.39 is 0 Å². The maximum absolute atomic E-state index is 12.8. The number of fused-ring (bicyclic) bond motifs is 3. The van der Waals surface area contributed by atoms with Crippen molar-refractivity contribution in [2.75, 3.05) is 50.1 Å². The van der Waals surface area contributed by atoms with Gasteiger partial charge in [-0.3, -0.25) is 14.5 Å². The summed E-state index contributed by atoms with van der Waals surface area (Å²) in [6.45, 7) is 6.10. The molecular formula is C25H31N5O3S. The van der Waals surface area contributed by atoms with Gasteiger partial charge in [0.1, 0.15) is 10.7 Å². The molecule has 2 aliphatic rings. The molecule has 1 aromatic carbocycles. The van der Waals surface area contributed by atoms with Crippen LogP contribution in [0.5, 0.6) is 0 Å². The number of aromatic amines is 1. The van der Waals surface area contributed by atoms with Crippen molar-refractivity contribution in [3.63, 3.8) is 0 Å². The minimum absolute atomic E-state index is 0.0646. The summed E-state index contributed by atoms with van der Waals surface area (Å²) in [5.41, 5.74) is 3.02. The summed E-state index contributed by atoms with van der Waals surface area (Å²) in [4.78, 5) is 39.3. The molecule has 1 amide bonds. The fourth-order valence-corrected chi connectivity index (χ4v) is 6.20. The zero-order chi connectivity index (χ0) is 23.7.